The van der Waals surface area contributed by atoms with Crippen LogP contribution in [-0.2, 0) is 4.84 Å². The molecule has 0 saturated carbocycles. The van der Waals surface area contributed by atoms with Gasteiger partial charge < -0.3 is 4.84 Å². The molecule has 0 saturated heterocycles. The first kappa shape index (κ1) is 10.3. The van der Waals surface area contributed by atoms with Gasteiger partial charge in [0.1, 0.15) is 12.0 Å². The van der Waals surface area contributed by atoms with Crippen LogP contribution in [0.2, 0.25) is 0 Å². The smallest absolute Gasteiger partial charge is 0.134 e. The minimum Gasteiger partial charge on any atom is -0.396 e. The maximum Gasteiger partial charge on any atom is 0.134 e. The molecular formula is C7H12N2OS. The van der Waals surface area contributed by atoms with E-state index in [1.807, 2.05) is 26.2 Å². The van der Waals surface area contributed by atoms with E-state index in [-0.39, 0.29) is 5.25 Å². The van der Waals surface area contributed by atoms with E-state index in [2.05, 4.69) is 5.16 Å². The van der Waals surface area contributed by atoms with E-state index in [0.29, 0.717) is 6.61 Å². The maximum absolute atomic E-state index is 8.33. The van der Waals surface area contributed by atoms with Crippen LogP contribution in [0.5, 0.6) is 0 Å². The molecule has 0 radical (unpaired) electrons. The molecule has 0 aliphatic rings. The highest BCUT2D eigenvalue weighted by molar-refractivity contribution is 8.04. The first-order chi connectivity index (χ1) is 5.22. The summed E-state index contributed by atoms with van der Waals surface area (Å²) < 4.78 is 0. The fourth-order valence-corrected chi connectivity index (χ4v) is 0.777. The van der Waals surface area contributed by atoms with Gasteiger partial charge in [-0.1, -0.05) is 5.16 Å². The van der Waals surface area contributed by atoms with E-state index >= 15 is 0 Å². The Morgan fingerprint density at radius 1 is 1.82 bits per heavy atom. The third kappa shape index (κ3) is 4.68. The SMILES string of the molecule is CCO/N=C(\C)C(C)SC#N. The van der Waals surface area contributed by atoms with Crippen LogP contribution in [0.4, 0.5) is 0 Å². The number of rotatable bonds is 4. The van der Waals surface area contributed by atoms with Crippen LogP contribution in [0.3, 0.4) is 0 Å². The van der Waals surface area contributed by atoms with Gasteiger partial charge in [0, 0.05) is 0 Å². The molecule has 0 amide bonds. The van der Waals surface area contributed by atoms with Gasteiger partial charge in [0.25, 0.3) is 0 Å². The summed E-state index contributed by atoms with van der Waals surface area (Å²) in [6.45, 7) is 6.22. The number of hydrogen-bond acceptors (Lipinski definition) is 4. The molecule has 0 aromatic carbocycles. The van der Waals surface area contributed by atoms with Crippen molar-refractivity contribution in [1.82, 2.24) is 0 Å². The molecule has 0 aromatic heterocycles. The predicted octanol–water partition coefficient (Wildman–Crippen LogP) is 2.00. The lowest BCUT2D eigenvalue weighted by molar-refractivity contribution is 0.158. The second-order valence-electron chi connectivity index (χ2n) is 2.00. The molecule has 0 N–H and O–H groups in total. The average Bonchev–Trinajstić information content (AvgIpc) is 2.00. The average molecular weight is 172 g/mol. The maximum atomic E-state index is 8.33. The first-order valence-corrected chi connectivity index (χ1v) is 4.31. The van der Waals surface area contributed by atoms with Gasteiger partial charge >= 0.3 is 0 Å². The van der Waals surface area contributed by atoms with E-state index in [0.717, 1.165) is 5.71 Å². The van der Waals surface area contributed by atoms with Gasteiger partial charge in [0.2, 0.25) is 0 Å². The van der Waals surface area contributed by atoms with Crippen molar-refractivity contribution < 1.29 is 4.84 Å². The Hall–Kier alpha value is -0.690. The van der Waals surface area contributed by atoms with Gasteiger partial charge in [-0.2, -0.15) is 5.26 Å². The zero-order valence-corrected chi connectivity index (χ0v) is 7.81. The third-order valence-electron chi connectivity index (χ3n) is 1.16. The first-order valence-electron chi connectivity index (χ1n) is 3.43. The normalized spacial score (nSPS) is 13.8. The summed E-state index contributed by atoms with van der Waals surface area (Å²) in [4.78, 5) is 4.83. The Balaban J connectivity index is 3.81. The molecule has 1 unspecified atom stereocenters. The van der Waals surface area contributed by atoms with Crippen molar-refractivity contribution in [2.45, 2.75) is 26.0 Å². The number of thiocyanates is 1. The van der Waals surface area contributed by atoms with Crippen LogP contribution in [0.15, 0.2) is 5.16 Å². The highest BCUT2D eigenvalue weighted by Gasteiger charge is 2.05. The summed E-state index contributed by atoms with van der Waals surface area (Å²) in [6.07, 6.45) is 0. The molecule has 0 heterocycles. The minimum atomic E-state index is 0.117. The molecule has 3 nitrogen and oxygen atoms in total. The molecule has 0 rings (SSSR count). The van der Waals surface area contributed by atoms with Gasteiger partial charge in [-0.15, -0.1) is 0 Å². The predicted molar refractivity (Wildman–Crippen MR) is 47.4 cm³/mol. The lowest BCUT2D eigenvalue weighted by Gasteiger charge is -2.03. The highest BCUT2D eigenvalue weighted by Crippen LogP contribution is 2.09. The standard InChI is InChI=1S/C7H12N2OS/c1-4-10-9-6(2)7(3)11-5-8/h7H,4H2,1-3H3/b9-6+. The molecule has 0 aliphatic carbocycles. The lowest BCUT2D eigenvalue weighted by Crippen LogP contribution is -2.08. The molecular weight excluding hydrogens is 160 g/mol. The van der Waals surface area contributed by atoms with Crippen LogP contribution < -0.4 is 0 Å². The molecule has 0 bridgehead atoms. The zero-order chi connectivity index (χ0) is 8.69. The van der Waals surface area contributed by atoms with Crippen LogP contribution in [-0.4, -0.2) is 17.6 Å². The Bertz CT molecular complexity index is 174. The van der Waals surface area contributed by atoms with Crippen molar-refractivity contribution in [1.29, 1.82) is 5.26 Å². The number of nitriles is 1. The van der Waals surface area contributed by atoms with Gasteiger partial charge in [-0.25, -0.2) is 0 Å². The quantitative estimate of drug-likeness (QED) is 0.370. The van der Waals surface area contributed by atoms with Crippen LogP contribution in [0.25, 0.3) is 0 Å². The summed E-state index contributed by atoms with van der Waals surface area (Å²) in [6, 6.07) is 0. The van der Waals surface area contributed by atoms with Crippen molar-refractivity contribution in [3.63, 3.8) is 0 Å². The Labute approximate surface area is 71.4 Å². The highest BCUT2D eigenvalue weighted by atomic mass is 32.2. The Morgan fingerprint density at radius 2 is 2.45 bits per heavy atom. The van der Waals surface area contributed by atoms with Crippen LogP contribution in [0, 0.1) is 10.7 Å². The molecule has 0 fully saturated rings. The zero-order valence-electron chi connectivity index (χ0n) is 7.00. The molecule has 0 aliphatic heterocycles. The largest absolute Gasteiger partial charge is 0.396 e. The van der Waals surface area contributed by atoms with Crippen molar-refractivity contribution in [3.05, 3.63) is 0 Å². The van der Waals surface area contributed by atoms with E-state index in [4.69, 9.17) is 10.1 Å². The van der Waals surface area contributed by atoms with E-state index < -0.39 is 0 Å². The fraction of sp³-hybridized carbons (Fsp3) is 0.714. The summed E-state index contributed by atoms with van der Waals surface area (Å²) >= 11 is 1.18. The summed E-state index contributed by atoms with van der Waals surface area (Å²) in [5.41, 5.74) is 0.846. The van der Waals surface area contributed by atoms with E-state index in [1.54, 1.807) is 0 Å². The van der Waals surface area contributed by atoms with Gasteiger partial charge in [0.15, 0.2) is 0 Å². The van der Waals surface area contributed by atoms with E-state index in [9.17, 15) is 0 Å². The number of nitrogens with zero attached hydrogens (tertiary/aromatic N) is 2. The monoisotopic (exact) mass is 172 g/mol. The summed E-state index contributed by atoms with van der Waals surface area (Å²) in [5.74, 6) is 0. The molecule has 0 aromatic rings. The minimum absolute atomic E-state index is 0.117. The topological polar surface area (TPSA) is 45.4 Å². The third-order valence-corrected chi connectivity index (χ3v) is 1.96. The van der Waals surface area contributed by atoms with Gasteiger partial charge in [-0.05, 0) is 32.5 Å². The molecule has 0 spiro atoms. The summed E-state index contributed by atoms with van der Waals surface area (Å²) in [7, 11) is 0. The second kappa shape index (κ2) is 6.05. The number of hydrogen-bond donors (Lipinski definition) is 0. The molecule has 62 valence electrons. The van der Waals surface area contributed by atoms with Crippen LogP contribution in [0.1, 0.15) is 20.8 Å². The molecule has 4 heteroatoms. The van der Waals surface area contributed by atoms with Crippen molar-refractivity contribution in [2.24, 2.45) is 5.16 Å². The number of oxime groups is 1. The molecule has 11 heavy (non-hydrogen) atoms. The van der Waals surface area contributed by atoms with Crippen molar-refractivity contribution in [2.75, 3.05) is 6.61 Å². The Kier molecular flexibility index (Phi) is 5.67. The van der Waals surface area contributed by atoms with Crippen molar-refractivity contribution in [3.8, 4) is 5.40 Å². The second-order valence-corrected chi connectivity index (χ2v) is 3.13. The Morgan fingerprint density at radius 3 is 2.91 bits per heavy atom. The number of thioether (sulfide) groups is 1. The van der Waals surface area contributed by atoms with Gasteiger partial charge in [0.05, 0.1) is 11.0 Å². The van der Waals surface area contributed by atoms with Crippen LogP contribution >= 0.6 is 11.8 Å². The van der Waals surface area contributed by atoms with E-state index in [1.165, 1.54) is 11.8 Å². The summed E-state index contributed by atoms with van der Waals surface area (Å²) in [5, 5.41) is 14.3. The molecule has 1 atom stereocenters. The van der Waals surface area contributed by atoms with Gasteiger partial charge in [-0.3, -0.25) is 0 Å². The fourth-order valence-electron chi connectivity index (χ4n) is 0.405. The van der Waals surface area contributed by atoms with Crippen molar-refractivity contribution >= 4 is 17.5 Å². The lowest BCUT2D eigenvalue weighted by atomic mass is 10.3.